The molecule has 5 heteroatoms. The molecule has 0 unspecified atom stereocenters. The van der Waals surface area contributed by atoms with Gasteiger partial charge in [0.05, 0.1) is 14.2 Å². The van der Waals surface area contributed by atoms with Gasteiger partial charge in [-0.1, -0.05) is 0 Å². The molecule has 0 bridgehead atoms. The van der Waals surface area contributed by atoms with Crippen molar-refractivity contribution in [1.29, 1.82) is 0 Å². The van der Waals surface area contributed by atoms with Crippen molar-refractivity contribution in [2.75, 3.05) is 45.8 Å². The molecule has 23 heavy (non-hydrogen) atoms. The van der Waals surface area contributed by atoms with Crippen LogP contribution in [0.1, 0.15) is 32.1 Å². The maximum absolute atomic E-state index is 8.81. The summed E-state index contributed by atoms with van der Waals surface area (Å²) < 4.78 is 10.6. The fraction of sp³-hybridized carbons (Fsp3) is 0.667. The highest BCUT2D eigenvalue weighted by Gasteiger charge is 2.19. The van der Waals surface area contributed by atoms with Gasteiger partial charge in [0.15, 0.2) is 0 Å². The summed E-state index contributed by atoms with van der Waals surface area (Å²) in [5, 5.41) is 12.4. The lowest BCUT2D eigenvalue weighted by atomic mass is 10.0. The van der Waals surface area contributed by atoms with Crippen LogP contribution < -0.4 is 14.8 Å². The molecule has 1 aromatic carbocycles. The molecule has 130 valence electrons. The van der Waals surface area contributed by atoms with Gasteiger partial charge >= 0.3 is 0 Å². The number of hydrogen-bond donors (Lipinski definition) is 2. The Morgan fingerprint density at radius 3 is 2.26 bits per heavy atom. The third-order valence-electron chi connectivity index (χ3n) is 4.44. The van der Waals surface area contributed by atoms with Gasteiger partial charge in [-0.15, -0.1) is 0 Å². The Kier molecular flexibility index (Phi) is 7.49. The number of nitrogens with zero attached hydrogens (tertiary/aromatic N) is 1. The van der Waals surface area contributed by atoms with E-state index >= 15 is 0 Å². The zero-order valence-electron chi connectivity index (χ0n) is 14.4. The number of rotatable bonds is 9. The molecule has 1 fully saturated rings. The van der Waals surface area contributed by atoms with Gasteiger partial charge in [-0.2, -0.15) is 0 Å². The molecule has 1 aliphatic heterocycles. The van der Waals surface area contributed by atoms with Gasteiger partial charge in [0.1, 0.15) is 11.5 Å². The van der Waals surface area contributed by atoms with Gasteiger partial charge in [0, 0.05) is 49.6 Å². The van der Waals surface area contributed by atoms with Crippen molar-refractivity contribution >= 4 is 5.69 Å². The highest BCUT2D eigenvalue weighted by Crippen LogP contribution is 2.27. The van der Waals surface area contributed by atoms with Gasteiger partial charge in [-0.05, 0) is 38.6 Å². The molecule has 2 N–H and O–H groups in total. The van der Waals surface area contributed by atoms with Crippen molar-refractivity contribution in [1.82, 2.24) is 4.90 Å². The van der Waals surface area contributed by atoms with Gasteiger partial charge in [0.25, 0.3) is 0 Å². The van der Waals surface area contributed by atoms with Crippen molar-refractivity contribution in [2.45, 2.75) is 38.1 Å². The van der Waals surface area contributed by atoms with Crippen molar-refractivity contribution in [3.8, 4) is 11.5 Å². The average molecular weight is 322 g/mol. The van der Waals surface area contributed by atoms with Crippen molar-refractivity contribution in [2.24, 2.45) is 0 Å². The first-order valence-corrected chi connectivity index (χ1v) is 8.58. The highest BCUT2D eigenvalue weighted by atomic mass is 16.5. The fourth-order valence-electron chi connectivity index (χ4n) is 3.05. The summed E-state index contributed by atoms with van der Waals surface area (Å²) in [6, 6.07) is 6.42. The van der Waals surface area contributed by atoms with E-state index in [1.54, 1.807) is 14.2 Å². The molecule has 1 heterocycles. The molecule has 2 rings (SSSR count). The number of aliphatic hydroxyl groups excluding tert-OH is 1. The van der Waals surface area contributed by atoms with E-state index in [9.17, 15) is 0 Å². The zero-order chi connectivity index (χ0) is 16.5. The van der Waals surface area contributed by atoms with Crippen LogP contribution in [0.3, 0.4) is 0 Å². The molecular formula is C18H30N2O3. The molecule has 1 aliphatic rings. The van der Waals surface area contributed by atoms with Gasteiger partial charge in [-0.25, -0.2) is 0 Å². The summed E-state index contributed by atoms with van der Waals surface area (Å²) in [5.74, 6) is 1.63. The SMILES string of the molecule is COc1cc(NC2CCN(CCCCCO)CC2)cc(OC)c1. The molecule has 0 spiro atoms. The van der Waals surface area contributed by atoms with Gasteiger partial charge < -0.3 is 24.8 Å². The van der Waals surface area contributed by atoms with E-state index < -0.39 is 0 Å². The van der Waals surface area contributed by atoms with Crippen LogP contribution in [0.2, 0.25) is 0 Å². The third kappa shape index (κ3) is 5.92. The number of benzene rings is 1. The Balaban J connectivity index is 1.77. The van der Waals surface area contributed by atoms with Crippen LogP contribution in [0.4, 0.5) is 5.69 Å². The maximum atomic E-state index is 8.81. The average Bonchev–Trinajstić information content (AvgIpc) is 2.59. The van der Waals surface area contributed by atoms with E-state index in [1.165, 1.54) is 6.42 Å². The monoisotopic (exact) mass is 322 g/mol. The molecule has 1 aromatic rings. The minimum Gasteiger partial charge on any atom is -0.497 e. The number of piperidine rings is 1. The Labute approximate surface area is 139 Å². The predicted molar refractivity (Wildman–Crippen MR) is 93.6 cm³/mol. The van der Waals surface area contributed by atoms with E-state index in [2.05, 4.69) is 10.2 Å². The van der Waals surface area contributed by atoms with Crippen LogP contribution in [0.25, 0.3) is 0 Å². The summed E-state index contributed by atoms with van der Waals surface area (Å²) in [5.41, 5.74) is 1.06. The normalized spacial score (nSPS) is 16.3. The molecule has 1 saturated heterocycles. The summed E-state index contributed by atoms with van der Waals surface area (Å²) in [6.07, 6.45) is 5.54. The first-order valence-electron chi connectivity index (χ1n) is 8.58. The van der Waals surface area contributed by atoms with Crippen molar-refractivity contribution in [3.05, 3.63) is 18.2 Å². The van der Waals surface area contributed by atoms with Crippen LogP contribution in [0, 0.1) is 0 Å². The Hall–Kier alpha value is -1.46. The van der Waals surface area contributed by atoms with Crippen LogP contribution in [-0.4, -0.2) is 56.5 Å². The number of aliphatic hydroxyl groups is 1. The molecule has 0 aromatic heterocycles. The van der Waals surface area contributed by atoms with Gasteiger partial charge in [-0.3, -0.25) is 0 Å². The van der Waals surface area contributed by atoms with E-state index in [0.29, 0.717) is 12.6 Å². The number of methoxy groups -OCH3 is 2. The minimum atomic E-state index is 0.315. The summed E-state index contributed by atoms with van der Waals surface area (Å²) >= 11 is 0. The fourth-order valence-corrected chi connectivity index (χ4v) is 3.05. The number of likely N-dealkylation sites (tertiary alicyclic amines) is 1. The topological polar surface area (TPSA) is 54.0 Å². The zero-order valence-corrected chi connectivity index (χ0v) is 14.4. The molecule has 0 aliphatic carbocycles. The lowest BCUT2D eigenvalue weighted by Crippen LogP contribution is -2.39. The molecule has 5 nitrogen and oxygen atoms in total. The van der Waals surface area contributed by atoms with E-state index in [1.807, 2.05) is 18.2 Å². The van der Waals surface area contributed by atoms with E-state index in [0.717, 1.165) is 62.5 Å². The van der Waals surface area contributed by atoms with Crippen LogP contribution >= 0.6 is 0 Å². The third-order valence-corrected chi connectivity index (χ3v) is 4.44. The minimum absolute atomic E-state index is 0.315. The second-order valence-corrected chi connectivity index (χ2v) is 6.15. The lowest BCUT2D eigenvalue weighted by molar-refractivity contribution is 0.211. The lowest BCUT2D eigenvalue weighted by Gasteiger charge is -2.33. The van der Waals surface area contributed by atoms with Crippen LogP contribution in [0.15, 0.2) is 18.2 Å². The first-order chi connectivity index (χ1) is 11.2. The van der Waals surface area contributed by atoms with Crippen molar-refractivity contribution in [3.63, 3.8) is 0 Å². The van der Waals surface area contributed by atoms with E-state index in [4.69, 9.17) is 14.6 Å². The Bertz CT molecular complexity index is 437. The maximum Gasteiger partial charge on any atom is 0.124 e. The second kappa shape index (κ2) is 9.63. The van der Waals surface area contributed by atoms with E-state index in [-0.39, 0.29) is 0 Å². The summed E-state index contributed by atoms with van der Waals surface area (Å²) in [6.45, 7) is 3.74. The molecule has 0 amide bonds. The molecular weight excluding hydrogens is 292 g/mol. The largest absolute Gasteiger partial charge is 0.497 e. The Morgan fingerprint density at radius 2 is 1.70 bits per heavy atom. The Morgan fingerprint density at radius 1 is 1.04 bits per heavy atom. The molecule has 0 atom stereocenters. The predicted octanol–water partition coefficient (Wildman–Crippen LogP) is 2.74. The number of unbranched alkanes of at least 4 members (excludes halogenated alkanes) is 2. The summed E-state index contributed by atoms with van der Waals surface area (Å²) in [7, 11) is 3.35. The smallest absolute Gasteiger partial charge is 0.124 e. The first kappa shape index (κ1) is 17.9. The van der Waals surface area contributed by atoms with Crippen molar-refractivity contribution < 1.29 is 14.6 Å². The quantitative estimate of drug-likeness (QED) is 0.685. The molecule has 0 radical (unpaired) electrons. The standard InChI is InChI=1S/C18H30N2O3/c1-22-17-12-16(13-18(14-17)23-2)19-15-6-9-20(10-7-15)8-4-3-5-11-21/h12-15,19,21H,3-11H2,1-2H3. The number of hydrogen-bond acceptors (Lipinski definition) is 5. The second-order valence-electron chi connectivity index (χ2n) is 6.15. The molecule has 0 saturated carbocycles. The van der Waals surface area contributed by atoms with Crippen LogP contribution in [-0.2, 0) is 0 Å². The highest BCUT2D eigenvalue weighted by molar-refractivity contribution is 5.54. The van der Waals surface area contributed by atoms with Crippen LogP contribution in [0.5, 0.6) is 11.5 Å². The number of anilines is 1. The number of nitrogens with one attached hydrogen (secondary N) is 1. The van der Waals surface area contributed by atoms with Gasteiger partial charge in [0.2, 0.25) is 0 Å². The summed E-state index contributed by atoms with van der Waals surface area (Å²) in [4.78, 5) is 2.53. The number of ether oxygens (including phenoxy) is 2.